The zero-order valence-electron chi connectivity index (χ0n) is 8.15. The lowest BCUT2D eigenvalue weighted by molar-refractivity contribution is 0.370. The van der Waals surface area contributed by atoms with Crippen LogP contribution in [-0.4, -0.2) is 14.2 Å². The summed E-state index contributed by atoms with van der Waals surface area (Å²) in [6, 6.07) is 0. The summed E-state index contributed by atoms with van der Waals surface area (Å²) in [5.74, 6) is -0.262. The van der Waals surface area contributed by atoms with Gasteiger partial charge >= 0.3 is 0 Å². The van der Waals surface area contributed by atoms with E-state index in [-0.39, 0.29) is 16.5 Å². The number of nitrogen functional groups attached to an aromatic ring is 1. The molecule has 0 saturated heterocycles. The molecule has 0 atom stereocenters. The molecular weight excluding hydrogens is 209 g/mol. The summed E-state index contributed by atoms with van der Waals surface area (Å²) in [6.45, 7) is 1.64. The zero-order valence-corrected chi connectivity index (χ0v) is 8.91. The van der Waals surface area contributed by atoms with Crippen LogP contribution >= 0.6 is 11.6 Å². The van der Waals surface area contributed by atoms with Gasteiger partial charge < -0.3 is 15.2 Å². The number of nitrogens with two attached hydrogens (primary N) is 1. The second kappa shape index (κ2) is 3.92. The Hall–Kier alpha value is -1.16. The van der Waals surface area contributed by atoms with Crippen molar-refractivity contribution in [3.63, 3.8) is 0 Å². The summed E-state index contributed by atoms with van der Waals surface area (Å²) in [5.41, 5.74) is 5.77. The molecule has 0 spiro atoms. The number of benzene rings is 1. The Morgan fingerprint density at radius 1 is 1.21 bits per heavy atom. The summed E-state index contributed by atoms with van der Waals surface area (Å²) in [4.78, 5) is 0. The molecule has 0 amide bonds. The molecular formula is C9H11ClFNO2. The van der Waals surface area contributed by atoms with Crippen molar-refractivity contribution >= 4 is 17.3 Å². The Kier molecular flexibility index (Phi) is 3.06. The van der Waals surface area contributed by atoms with Gasteiger partial charge in [-0.05, 0) is 6.92 Å². The van der Waals surface area contributed by atoms with Crippen molar-refractivity contribution in [1.82, 2.24) is 0 Å². The molecule has 78 valence electrons. The van der Waals surface area contributed by atoms with Gasteiger partial charge in [0.1, 0.15) is 10.8 Å². The van der Waals surface area contributed by atoms with Gasteiger partial charge in [-0.15, -0.1) is 0 Å². The van der Waals surface area contributed by atoms with Crippen LogP contribution in [0.25, 0.3) is 0 Å². The van der Waals surface area contributed by atoms with Gasteiger partial charge in [0.25, 0.3) is 0 Å². The number of rotatable bonds is 2. The third-order valence-electron chi connectivity index (χ3n) is 1.96. The minimum Gasteiger partial charge on any atom is -0.495 e. The fourth-order valence-corrected chi connectivity index (χ4v) is 1.56. The Bertz CT molecular complexity index is 337. The summed E-state index contributed by atoms with van der Waals surface area (Å²) in [5, 5.41) is 0.0725. The molecule has 0 aromatic heterocycles. The molecule has 0 aliphatic carbocycles. The van der Waals surface area contributed by atoms with E-state index in [9.17, 15) is 4.39 Å². The lowest BCUT2D eigenvalue weighted by atomic mass is 10.1. The topological polar surface area (TPSA) is 44.5 Å². The van der Waals surface area contributed by atoms with E-state index in [0.29, 0.717) is 11.3 Å². The van der Waals surface area contributed by atoms with Crippen LogP contribution in [0.4, 0.5) is 10.1 Å². The van der Waals surface area contributed by atoms with Crippen LogP contribution in [0.3, 0.4) is 0 Å². The van der Waals surface area contributed by atoms with Crippen molar-refractivity contribution in [1.29, 1.82) is 0 Å². The standard InChI is InChI=1S/C9H11ClFNO2/c1-4-8(13-2)5(10)7(12)6(11)9(4)14-3/h12H2,1-3H3. The van der Waals surface area contributed by atoms with Gasteiger partial charge in [0.2, 0.25) is 0 Å². The SMILES string of the molecule is COc1c(C)c(OC)c(Cl)c(N)c1F. The monoisotopic (exact) mass is 219 g/mol. The molecule has 1 rings (SSSR count). The van der Waals surface area contributed by atoms with Crippen molar-refractivity contribution in [2.24, 2.45) is 0 Å². The highest BCUT2D eigenvalue weighted by Crippen LogP contribution is 2.41. The summed E-state index contributed by atoms with van der Waals surface area (Å²) < 4.78 is 23.3. The number of hydrogen-bond donors (Lipinski definition) is 1. The Morgan fingerprint density at radius 2 is 1.71 bits per heavy atom. The molecule has 3 nitrogen and oxygen atoms in total. The fourth-order valence-electron chi connectivity index (χ4n) is 1.26. The second-order valence-electron chi connectivity index (χ2n) is 2.73. The summed E-state index contributed by atoms with van der Waals surface area (Å²) >= 11 is 5.79. The molecule has 1 aromatic carbocycles. The number of hydrogen-bond acceptors (Lipinski definition) is 3. The van der Waals surface area contributed by atoms with Gasteiger partial charge in [0.05, 0.1) is 19.9 Å². The van der Waals surface area contributed by atoms with Crippen molar-refractivity contribution in [2.45, 2.75) is 6.92 Å². The van der Waals surface area contributed by atoms with E-state index < -0.39 is 5.82 Å². The second-order valence-corrected chi connectivity index (χ2v) is 3.11. The molecule has 0 fully saturated rings. The third-order valence-corrected chi connectivity index (χ3v) is 2.34. The lowest BCUT2D eigenvalue weighted by Gasteiger charge is -2.14. The highest BCUT2D eigenvalue weighted by molar-refractivity contribution is 6.34. The van der Waals surface area contributed by atoms with E-state index in [0.717, 1.165) is 0 Å². The molecule has 0 aliphatic heterocycles. The largest absolute Gasteiger partial charge is 0.495 e. The van der Waals surface area contributed by atoms with Crippen LogP contribution in [0.5, 0.6) is 11.5 Å². The van der Waals surface area contributed by atoms with Gasteiger partial charge in [0.15, 0.2) is 11.6 Å². The van der Waals surface area contributed by atoms with Gasteiger partial charge in [0, 0.05) is 5.56 Å². The maximum absolute atomic E-state index is 13.4. The van der Waals surface area contributed by atoms with Crippen molar-refractivity contribution < 1.29 is 13.9 Å². The fraction of sp³-hybridized carbons (Fsp3) is 0.333. The van der Waals surface area contributed by atoms with E-state index in [1.807, 2.05) is 0 Å². The van der Waals surface area contributed by atoms with E-state index in [4.69, 9.17) is 26.8 Å². The Balaban J connectivity index is 3.56. The van der Waals surface area contributed by atoms with Crippen molar-refractivity contribution in [3.05, 3.63) is 16.4 Å². The summed E-state index contributed by atoms with van der Waals surface area (Å²) in [6.07, 6.45) is 0. The number of halogens is 2. The van der Waals surface area contributed by atoms with Crippen LogP contribution in [0.15, 0.2) is 0 Å². The first-order valence-electron chi connectivity index (χ1n) is 3.89. The normalized spacial score (nSPS) is 10.1. The molecule has 1 aromatic rings. The minimum atomic E-state index is -0.657. The average Bonchev–Trinajstić information content (AvgIpc) is 2.16. The molecule has 14 heavy (non-hydrogen) atoms. The molecule has 0 unspecified atom stereocenters. The van der Waals surface area contributed by atoms with Crippen LogP contribution in [0.2, 0.25) is 5.02 Å². The zero-order chi connectivity index (χ0) is 10.9. The van der Waals surface area contributed by atoms with Crippen LogP contribution < -0.4 is 15.2 Å². The molecule has 0 aliphatic rings. The lowest BCUT2D eigenvalue weighted by Crippen LogP contribution is -2.02. The van der Waals surface area contributed by atoms with Crippen LogP contribution in [0, 0.1) is 12.7 Å². The van der Waals surface area contributed by atoms with Crippen molar-refractivity contribution in [2.75, 3.05) is 20.0 Å². The van der Waals surface area contributed by atoms with E-state index >= 15 is 0 Å². The van der Waals surface area contributed by atoms with Gasteiger partial charge in [-0.1, -0.05) is 11.6 Å². The highest BCUT2D eigenvalue weighted by atomic mass is 35.5. The first-order valence-corrected chi connectivity index (χ1v) is 4.27. The first kappa shape index (κ1) is 10.9. The van der Waals surface area contributed by atoms with Gasteiger partial charge in [-0.2, -0.15) is 0 Å². The molecule has 0 radical (unpaired) electrons. The maximum Gasteiger partial charge on any atom is 0.189 e. The van der Waals surface area contributed by atoms with Crippen LogP contribution in [0.1, 0.15) is 5.56 Å². The number of anilines is 1. The Morgan fingerprint density at radius 3 is 2.14 bits per heavy atom. The summed E-state index contributed by atoms with van der Waals surface area (Å²) in [7, 11) is 2.79. The van der Waals surface area contributed by atoms with Gasteiger partial charge in [-0.3, -0.25) is 0 Å². The molecule has 0 bridgehead atoms. The quantitative estimate of drug-likeness (QED) is 0.777. The van der Waals surface area contributed by atoms with Crippen molar-refractivity contribution in [3.8, 4) is 11.5 Å². The van der Waals surface area contributed by atoms with E-state index in [2.05, 4.69) is 0 Å². The first-order chi connectivity index (χ1) is 6.54. The van der Waals surface area contributed by atoms with E-state index in [1.165, 1.54) is 14.2 Å². The highest BCUT2D eigenvalue weighted by Gasteiger charge is 2.20. The van der Waals surface area contributed by atoms with Gasteiger partial charge in [-0.25, -0.2) is 4.39 Å². The minimum absolute atomic E-state index is 0.0590. The predicted octanol–water partition coefficient (Wildman–Crippen LogP) is 2.39. The molecule has 0 heterocycles. The maximum atomic E-state index is 13.4. The average molecular weight is 220 g/mol. The Labute approximate surface area is 86.6 Å². The number of ether oxygens (including phenoxy) is 2. The molecule has 0 saturated carbocycles. The molecule has 5 heteroatoms. The third kappa shape index (κ3) is 1.46. The number of methoxy groups -OCH3 is 2. The predicted molar refractivity (Wildman–Crippen MR) is 53.7 cm³/mol. The van der Waals surface area contributed by atoms with E-state index in [1.54, 1.807) is 6.92 Å². The van der Waals surface area contributed by atoms with Crippen LogP contribution in [-0.2, 0) is 0 Å². The molecule has 2 N–H and O–H groups in total. The smallest absolute Gasteiger partial charge is 0.189 e.